The lowest BCUT2D eigenvalue weighted by molar-refractivity contribution is 1.05. The molecule has 3 N–H and O–H groups in total. The summed E-state index contributed by atoms with van der Waals surface area (Å²) in [5.41, 5.74) is 10.4. The highest BCUT2D eigenvalue weighted by Crippen LogP contribution is 2.14. The van der Waals surface area contributed by atoms with E-state index in [0.717, 1.165) is 16.9 Å². The summed E-state index contributed by atoms with van der Waals surface area (Å²) in [4.78, 5) is 6.46. The molecule has 0 saturated heterocycles. The van der Waals surface area contributed by atoms with E-state index in [9.17, 15) is 0 Å². The zero-order chi connectivity index (χ0) is 15.2. The number of aryl methyl sites for hydroxylation is 1. The Hall–Kier alpha value is -1.76. The van der Waals surface area contributed by atoms with E-state index in [1.54, 1.807) is 0 Å². The number of nitrogens with one attached hydrogen (secondary N) is 1. The van der Waals surface area contributed by atoms with Gasteiger partial charge in [0.05, 0.1) is 6.54 Å². The van der Waals surface area contributed by atoms with Gasteiger partial charge in [-0.2, -0.15) is 0 Å². The van der Waals surface area contributed by atoms with Crippen LogP contribution in [0.15, 0.2) is 53.5 Å². The van der Waals surface area contributed by atoms with Crippen LogP contribution < -0.4 is 16.0 Å². The molecule has 0 aromatic heterocycles. The molecule has 0 saturated carbocycles. The predicted octanol–water partition coefficient (Wildman–Crippen LogP) is 3.61. The fraction of sp³-hybridized carbons (Fsp3) is 0.235. The summed E-state index contributed by atoms with van der Waals surface area (Å²) < 4.78 is 0. The van der Waals surface area contributed by atoms with Crippen molar-refractivity contribution in [3.05, 3.63) is 59.7 Å². The van der Waals surface area contributed by atoms with Crippen LogP contribution in [0.4, 0.5) is 11.4 Å². The molecule has 0 radical (unpaired) electrons. The average molecular weight is 410 g/mol. The van der Waals surface area contributed by atoms with Gasteiger partial charge in [0.15, 0.2) is 5.96 Å². The van der Waals surface area contributed by atoms with Crippen molar-refractivity contribution in [2.45, 2.75) is 13.5 Å². The lowest BCUT2D eigenvalue weighted by atomic mass is 10.2. The lowest BCUT2D eigenvalue weighted by Crippen LogP contribution is -2.22. The molecule has 0 aliphatic heterocycles. The zero-order valence-corrected chi connectivity index (χ0v) is 15.5. The maximum Gasteiger partial charge on any atom is 0.193 e. The first-order valence-corrected chi connectivity index (χ1v) is 6.94. The summed E-state index contributed by atoms with van der Waals surface area (Å²) in [6.45, 7) is 2.61. The van der Waals surface area contributed by atoms with Crippen molar-refractivity contribution in [3.63, 3.8) is 0 Å². The second-order valence-corrected chi connectivity index (χ2v) is 5.26. The molecule has 4 nitrogen and oxygen atoms in total. The molecule has 0 heterocycles. The molecular formula is C17H23IN4. The molecule has 0 amide bonds. The summed E-state index contributed by atoms with van der Waals surface area (Å²) in [5, 5.41) is 3.11. The number of nitrogens with two attached hydrogens (primary N) is 1. The molecule has 0 aliphatic carbocycles. The number of nitrogens with zero attached hydrogens (tertiary/aromatic N) is 2. The quantitative estimate of drug-likeness (QED) is 0.460. The Balaban J connectivity index is 0.00000242. The van der Waals surface area contributed by atoms with Crippen LogP contribution >= 0.6 is 24.0 Å². The number of halogens is 1. The topological polar surface area (TPSA) is 53.6 Å². The van der Waals surface area contributed by atoms with Gasteiger partial charge in [0.25, 0.3) is 0 Å². The molecule has 0 aliphatic rings. The lowest BCUT2D eigenvalue weighted by Gasteiger charge is -2.13. The number of rotatable bonds is 4. The molecule has 2 aromatic carbocycles. The second kappa shape index (κ2) is 8.63. The van der Waals surface area contributed by atoms with E-state index < -0.39 is 0 Å². The minimum atomic E-state index is 0. The first kappa shape index (κ1) is 18.3. The number of hydrogen-bond donors (Lipinski definition) is 2. The van der Waals surface area contributed by atoms with Crippen LogP contribution in [0.5, 0.6) is 0 Å². The predicted molar refractivity (Wildman–Crippen MR) is 106 cm³/mol. The molecule has 0 fully saturated rings. The minimum absolute atomic E-state index is 0. The van der Waals surface area contributed by atoms with Gasteiger partial charge in [0.2, 0.25) is 0 Å². The maximum atomic E-state index is 5.93. The first-order valence-electron chi connectivity index (χ1n) is 6.94. The van der Waals surface area contributed by atoms with Gasteiger partial charge in [-0.15, -0.1) is 24.0 Å². The number of anilines is 2. The number of guanidine groups is 1. The summed E-state index contributed by atoms with van der Waals surface area (Å²) in [6.07, 6.45) is 0. The molecule has 2 aromatic rings. The van der Waals surface area contributed by atoms with E-state index >= 15 is 0 Å². The first-order chi connectivity index (χ1) is 10.0. The average Bonchev–Trinajstić information content (AvgIpc) is 2.45. The smallest absolute Gasteiger partial charge is 0.193 e. The van der Waals surface area contributed by atoms with Gasteiger partial charge >= 0.3 is 0 Å². The summed E-state index contributed by atoms with van der Waals surface area (Å²) in [7, 11) is 4.05. The summed E-state index contributed by atoms with van der Waals surface area (Å²) in [6, 6.07) is 16.3. The highest BCUT2D eigenvalue weighted by molar-refractivity contribution is 14.0. The fourth-order valence-corrected chi connectivity index (χ4v) is 2.02. The van der Waals surface area contributed by atoms with Crippen molar-refractivity contribution >= 4 is 41.3 Å². The van der Waals surface area contributed by atoms with Crippen LogP contribution in [0.3, 0.4) is 0 Å². The third kappa shape index (κ3) is 5.55. The van der Waals surface area contributed by atoms with Crippen LogP contribution in [0, 0.1) is 6.92 Å². The molecular weight excluding hydrogens is 387 g/mol. The Kier molecular flexibility index (Phi) is 7.17. The van der Waals surface area contributed by atoms with Crippen molar-refractivity contribution in [2.75, 3.05) is 24.3 Å². The van der Waals surface area contributed by atoms with Crippen LogP contribution in [0.1, 0.15) is 11.1 Å². The third-order valence-corrected chi connectivity index (χ3v) is 3.15. The molecule has 0 unspecified atom stereocenters. The fourth-order valence-electron chi connectivity index (χ4n) is 2.02. The minimum Gasteiger partial charge on any atom is -0.378 e. The Morgan fingerprint density at radius 1 is 1.14 bits per heavy atom. The van der Waals surface area contributed by atoms with Crippen LogP contribution in [-0.4, -0.2) is 20.1 Å². The SMILES string of the molecule is Cc1cccc(NC(N)=NCc2cccc(N(C)C)c2)c1.I. The highest BCUT2D eigenvalue weighted by Gasteiger charge is 1.99. The Morgan fingerprint density at radius 2 is 1.86 bits per heavy atom. The van der Waals surface area contributed by atoms with E-state index in [4.69, 9.17) is 5.73 Å². The maximum absolute atomic E-state index is 5.93. The Bertz CT molecular complexity index is 638. The summed E-state index contributed by atoms with van der Waals surface area (Å²) >= 11 is 0. The molecule has 0 bridgehead atoms. The van der Waals surface area contributed by atoms with Crippen molar-refractivity contribution in [3.8, 4) is 0 Å². The van der Waals surface area contributed by atoms with Crippen LogP contribution in [0.25, 0.3) is 0 Å². The van der Waals surface area contributed by atoms with Gasteiger partial charge < -0.3 is 16.0 Å². The highest BCUT2D eigenvalue weighted by atomic mass is 127. The molecule has 5 heteroatoms. The third-order valence-electron chi connectivity index (χ3n) is 3.15. The number of benzene rings is 2. The molecule has 22 heavy (non-hydrogen) atoms. The van der Waals surface area contributed by atoms with Gasteiger partial charge in [-0.05, 0) is 42.3 Å². The number of hydrogen-bond acceptors (Lipinski definition) is 2. The Labute approximate surface area is 149 Å². The van der Waals surface area contributed by atoms with Gasteiger partial charge in [0, 0.05) is 25.5 Å². The van der Waals surface area contributed by atoms with E-state index in [1.807, 2.05) is 51.4 Å². The zero-order valence-electron chi connectivity index (χ0n) is 13.2. The van der Waals surface area contributed by atoms with E-state index in [0.29, 0.717) is 12.5 Å². The van der Waals surface area contributed by atoms with Crippen molar-refractivity contribution in [1.29, 1.82) is 0 Å². The molecule has 0 spiro atoms. The normalized spacial score (nSPS) is 10.8. The van der Waals surface area contributed by atoms with E-state index in [-0.39, 0.29) is 24.0 Å². The van der Waals surface area contributed by atoms with Gasteiger partial charge in [0.1, 0.15) is 0 Å². The standard InChI is InChI=1S/C17H22N4.HI/c1-13-6-4-8-15(10-13)20-17(18)19-12-14-7-5-9-16(11-14)21(2)3;/h4-11H,12H2,1-3H3,(H3,18,19,20);1H. The Morgan fingerprint density at radius 3 is 2.55 bits per heavy atom. The van der Waals surface area contributed by atoms with Crippen molar-refractivity contribution in [2.24, 2.45) is 10.7 Å². The monoisotopic (exact) mass is 410 g/mol. The van der Waals surface area contributed by atoms with Gasteiger partial charge in [-0.1, -0.05) is 24.3 Å². The van der Waals surface area contributed by atoms with Crippen molar-refractivity contribution in [1.82, 2.24) is 0 Å². The van der Waals surface area contributed by atoms with E-state index in [2.05, 4.69) is 33.4 Å². The molecule has 2 rings (SSSR count). The second-order valence-electron chi connectivity index (χ2n) is 5.26. The van der Waals surface area contributed by atoms with Gasteiger partial charge in [-0.25, -0.2) is 4.99 Å². The van der Waals surface area contributed by atoms with Crippen molar-refractivity contribution < 1.29 is 0 Å². The largest absolute Gasteiger partial charge is 0.378 e. The molecule has 0 atom stereocenters. The van der Waals surface area contributed by atoms with Crippen LogP contribution in [0.2, 0.25) is 0 Å². The van der Waals surface area contributed by atoms with Gasteiger partial charge in [-0.3, -0.25) is 0 Å². The summed E-state index contributed by atoms with van der Waals surface area (Å²) in [5.74, 6) is 0.427. The number of aliphatic imine (C=N–C) groups is 1. The van der Waals surface area contributed by atoms with Crippen LogP contribution in [-0.2, 0) is 6.54 Å². The van der Waals surface area contributed by atoms with E-state index in [1.165, 1.54) is 5.56 Å². The molecule has 118 valence electrons.